The fraction of sp³-hybridized carbons (Fsp3) is 0.343. The fourth-order valence-electron chi connectivity index (χ4n) is 6.79. The van der Waals surface area contributed by atoms with E-state index in [4.69, 9.17) is 16.6 Å². The number of hydrogen-bond acceptors (Lipinski definition) is 9. The number of halogens is 4. The number of fused-ring (bicyclic) bond motifs is 2. The van der Waals surface area contributed by atoms with Crippen molar-refractivity contribution in [2.45, 2.75) is 52.3 Å². The monoisotopic (exact) mass is 735 g/mol. The summed E-state index contributed by atoms with van der Waals surface area (Å²) in [6.45, 7) is 3.91. The number of nitrogens with one attached hydrogen (secondary N) is 1. The Balaban J connectivity index is 1.25. The summed E-state index contributed by atoms with van der Waals surface area (Å²) >= 11 is 6.14. The molecule has 0 atom stereocenters. The Bertz CT molecular complexity index is 2300. The molecule has 3 aromatic heterocycles. The lowest BCUT2D eigenvalue weighted by Crippen LogP contribution is -2.51. The predicted molar refractivity (Wildman–Crippen MR) is 186 cm³/mol. The molecule has 5 aromatic rings. The molecule has 0 unspecified atom stereocenters. The van der Waals surface area contributed by atoms with E-state index in [0.717, 1.165) is 42.0 Å². The number of benzene rings is 2. The minimum Gasteiger partial charge on any atom is -0.504 e. The molecule has 1 fully saturated rings. The summed E-state index contributed by atoms with van der Waals surface area (Å²) < 4.78 is 42.4. The summed E-state index contributed by atoms with van der Waals surface area (Å²) in [4.78, 5) is 57.1. The van der Waals surface area contributed by atoms with Crippen molar-refractivity contribution in [1.82, 2.24) is 34.0 Å². The first-order valence-corrected chi connectivity index (χ1v) is 17.1. The van der Waals surface area contributed by atoms with E-state index >= 15 is 0 Å². The van der Waals surface area contributed by atoms with Gasteiger partial charge in [0.05, 0.1) is 27.7 Å². The maximum atomic E-state index is 14.3. The van der Waals surface area contributed by atoms with E-state index in [1.807, 2.05) is 30.0 Å². The van der Waals surface area contributed by atoms with Gasteiger partial charge in [0, 0.05) is 31.7 Å². The Morgan fingerprint density at radius 3 is 2.48 bits per heavy atom. The standard InChI is InChI=1S/C35H33ClF3N9O4/c1-3-26-29(45-11-13-46(14-12-45)32(51)28-30(50)19(2)40-18-41-28)33(52)48-34(43-31(44-48)22-8-7-20-5-4-6-21(20)15-22)47(26)17-27(49)42-25-10-9-23(16-24(25)36)35(37,38)39/h7-10,15-16,18,50H,3-6,11-14,17H2,1-2H3,(H,42,49). The molecule has 0 spiro atoms. The molecule has 2 amide bonds. The lowest BCUT2D eigenvalue weighted by atomic mass is 10.1. The van der Waals surface area contributed by atoms with Gasteiger partial charge in [-0.3, -0.25) is 14.4 Å². The van der Waals surface area contributed by atoms with Gasteiger partial charge in [0.1, 0.15) is 18.6 Å². The number of rotatable bonds is 7. The van der Waals surface area contributed by atoms with Crippen LogP contribution in [0.2, 0.25) is 5.02 Å². The van der Waals surface area contributed by atoms with E-state index < -0.39 is 29.1 Å². The summed E-state index contributed by atoms with van der Waals surface area (Å²) in [5.74, 6) is -0.984. The van der Waals surface area contributed by atoms with Gasteiger partial charge < -0.3 is 24.8 Å². The molecular weight excluding hydrogens is 703 g/mol. The molecule has 4 heterocycles. The number of carbonyl (C=O) groups excluding carboxylic acids is 2. The van der Waals surface area contributed by atoms with Crippen molar-refractivity contribution in [1.29, 1.82) is 0 Å². The Morgan fingerprint density at radius 1 is 1.02 bits per heavy atom. The molecule has 1 saturated heterocycles. The van der Waals surface area contributed by atoms with Gasteiger partial charge in [-0.05, 0) is 68.0 Å². The Hall–Kier alpha value is -5.51. The smallest absolute Gasteiger partial charge is 0.416 e. The first-order chi connectivity index (χ1) is 24.8. The topological polar surface area (TPSA) is 151 Å². The van der Waals surface area contributed by atoms with Gasteiger partial charge >= 0.3 is 6.18 Å². The molecule has 13 nitrogen and oxygen atoms in total. The Labute approximate surface area is 299 Å². The van der Waals surface area contributed by atoms with Crippen LogP contribution in [0.25, 0.3) is 17.2 Å². The van der Waals surface area contributed by atoms with Crippen LogP contribution in [0, 0.1) is 6.92 Å². The zero-order valence-electron chi connectivity index (χ0n) is 28.2. The van der Waals surface area contributed by atoms with Crippen LogP contribution in [-0.2, 0) is 36.8 Å². The van der Waals surface area contributed by atoms with Crippen LogP contribution in [0.5, 0.6) is 5.75 Å². The van der Waals surface area contributed by atoms with Crippen molar-refractivity contribution in [3.05, 3.63) is 91.9 Å². The second-order valence-corrected chi connectivity index (χ2v) is 13.1. The Kier molecular flexibility index (Phi) is 9.10. The molecular formula is C35H33ClF3N9O4. The zero-order valence-corrected chi connectivity index (χ0v) is 28.9. The Morgan fingerprint density at radius 2 is 1.77 bits per heavy atom. The van der Waals surface area contributed by atoms with Gasteiger partial charge in [0.15, 0.2) is 17.3 Å². The van der Waals surface area contributed by atoms with Crippen LogP contribution in [0.3, 0.4) is 0 Å². The van der Waals surface area contributed by atoms with Crippen molar-refractivity contribution in [3.63, 3.8) is 0 Å². The van der Waals surface area contributed by atoms with Crippen LogP contribution < -0.4 is 15.8 Å². The number of alkyl halides is 3. The van der Waals surface area contributed by atoms with Crippen LogP contribution in [0.15, 0.2) is 47.5 Å². The van der Waals surface area contributed by atoms with Crippen LogP contribution in [-0.4, -0.2) is 77.1 Å². The summed E-state index contributed by atoms with van der Waals surface area (Å²) in [6.07, 6.45) is -0.157. The van der Waals surface area contributed by atoms with Gasteiger partial charge in [0.25, 0.3) is 11.5 Å². The summed E-state index contributed by atoms with van der Waals surface area (Å²) in [5.41, 5.74) is 2.64. The summed E-state index contributed by atoms with van der Waals surface area (Å²) in [7, 11) is 0. The third-order valence-corrected chi connectivity index (χ3v) is 9.79. The van der Waals surface area contributed by atoms with Crippen LogP contribution in [0.1, 0.15) is 51.9 Å². The number of hydrogen-bond donors (Lipinski definition) is 2. The van der Waals surface area contributed by atoms with E-state index in [1.165, 1.54) is 22.4 Å². The number of anilines is 2. The van der Waals surface area contributed by atoms with Gasteiger partial charge in [-0.25, -0.2) is 9.97 Å². The van der Waals surface area contributed by atoms with Gasteiger partial charge in [-0.2, -0.15) is 22.7 Å². The average molecular weight is 736 g/mol. The highest BCUT2D eigenvalue weighted by Crippen LogP contribution is 2.34. The highest BCUT2D eigenvalue weighted by Gasteiger charge is 2.32. The van der Waals surface area contributed by atoms with Crippen molar-refractivity contribution in [3.8, 4) is 17.1 Å². The number of aromatic hydroxyl groups is 1. The van der Waals surface area contributed by atoms with Gasteiger partial charge in [-0.15, -0.1) is 5.10 Å². The molecule has 1 aliphatic heterocycles. The van der Waals surface area contributed by atoms with E-state index in [0.29, 0.717) is 23.5 Å². The summed E-state index contributed by atoms with van der Waals surface area (Å²) in [5, 5.41) is 17.3. The maximum absolute atomic E-state index is 14.3. The predicted octanol–water partition coefficient (Wildman–Crippen LogP) is 4.69. The fourth-order valence-corrected chi connectivity index (χ4v) is 7.02. The number of carbonyl (C=O) groups is 2. The molecule has 7 rings (SSSR count). The first kappa shape index (κ1) is 34.9. The molecule has 0 saturated carbocycles. The molecule has 2 N–H and O–H groups in total. The van der Waals surface area contributed by atoms with Crippen molar-refractivity contribution >= 4 is 40.6 Å². The number of amides is 2. The molecule has 0 bridgehead atoms. The zero-order chi connectivity index (χ0) is 36.9. The average Bonchev–Trinajstić information content (AvgIpc) is 3.79. The lowest BCUT2D eigenvalue weighted by molar-refractivity contribution is -0.137. The minimum absolute atomic E-state index is 0.0130. The van der Waals surface area contributed by atoms with E-state index in [1.54, 1.807) is 11.5 Å². The van der Waals surface area contributed by atoms with E-state index in [-0.39, 0.29) is 72.0 Å². The number of aryl methyl sites for hydroxylation is 3. The van der Waals surface area contributed by atoms with Gasteiger partial charge in [-0.1, -0.05) is 30.7 Å². The lowest BCUT2D eigenvalue weighted by Gasteiger charge is -2.36. The molecule has 2 aliphatic rings. The van der Waals surface area contributed by atoms with Crippen molar-refractivity contribution in [2.75, 3.05) is 36.4 Å². The highest BCUT2D eigenvalue weighted by atomic mass is 35.5. The van der Waals surface area contributed by atoms with Crippen LogP contribution in [0.4, 0.5) is 24.5 Å². The number of nitrogens with zero attached hydrogens (tertiary/aromatic N) is 8. The maximum Gasteiger partial charge on any atom is 0.416 e. The summed E-state index contributed by atoms with van der Waals surface area (Å²) in [6, 6.07) is 8.60. The molecule has 52 heavy (non-hydrogen) atoms. The minimum atomic E-state index is -4.61. The van der Waals surface area contributed by atoms with Crippen LogP contribution >= 0.6 is 11.6 Å². The molecule has 2 aromatic carbocycles. The SMILES string of the molecule is CCc1c(N2CCN(C(=O)c3ncnc(C)c3O)CC2)c(=O)n2nc(-c3ccc4c(c3)CCC4)nc2n1CC(=O)Nc1ccc(C(F)(F)F)cc1Cl. The molecule has 0 radical (unpaired) electrons. The molecule has 270 valence electrons. The first-order valence-electron chi connectivity index (χ1n) is 16.7. The normalized spacial score (nSPS) is 14.6. The van der Waals surface area contributed by atoms with E-state index in [9.17, 15) is 32.7 Å². The second kappa shape index (κ2) is 13.6. The third-order valence-electron chi connectivity index (χ3n) is 9.48. The second-order valence-electron chi connectivity index (χ2n) is 12.7. The van der Waals surface area contributed by atoms with Crippen molar-refractivity contribution in [2.24, 2.45) is 0 Å². The number of aromatic nitrogens is 6. The van der Waals surface area contributed by atoms with Crippen molar-refractivity contribution < 1.29 is 27.9 Å². The highest BCUT2D eigenvalue weighted by molar-refractivity contribution is 6.33. The van der Waals surface area contributed by atoms with Gasteiger partial charge in [0.2, 0.25) is 11.7 Å². The number of piperazine rings is 1. The largest absolute Gasteiger partial charge is 0.504 e. The molecule has 17 heteroatoms. The third kappa shape index (κ3) is 6.42. The molecule has 1 aliphatic carbocycles. The van der Waals surface area contributed by atoms with E-state index in [2.05, 4.69) is 20.4 Å². The quantitative estimate of drug-likeness (QED) is 0.243.